The van der Waals surface area contributed by atoms with E-state index in [1.54, 1.807) is 0 Å². The summed E-state index contributed by atoms with van der Waals surface area (Å²) in [5, 5.41) is 2.90. The Morgan fingerprint density at radius 2 is 2.08 bits per heavy atom. The molecule has 0 fully saturated rings. The molecule has 0 aliphatic heterocycles. The molecule has 1 nitrogen and oxygen atoms in total. The average molecular weight is 180 g/mol. The summed E-state index contributed by atoms with van der Waals surface area (Å²) in [4.78, 5) is 4.25. The van der Waals surface area contributed by atoms with Crippen LogP contribution in [0.3, 0.4) is 0 Å². The lowest BCUT2D eigenvalue weighted by Crippen LogP contribution is -2.32. The summed E-state index contributed by atoms with van der Waals surface area (Å²) in [6.07, 6.45) is 6.58. The number of hydrogen-bond acceptors (Lipinski definition) is 1. The predicted molar refractivity (Wildman–Crippen MR) is 51.4 cm³/mol. The Morgan fingerprint density at radius 1 is 1.33 bits per heavy atom. The van der Waals surface area contributed by atoms with E-state index in [0.29, 0.717) is 5.15 Å². The van der Waals surface area contributed by atoms with Crippen molar-refractivity contribution in [3.05, 3.63) is 27.4 Å². The molecule has 0 amide bonds. The van der Waals surface area contributed by atoms with E-state index in [1.807, 2.05) is 6.07 Å². The molecule has 1 aliphatic rings. The third-order valence-electron chi connectivity index (χ3n) is 2.12. The Labute approximate surface area is 76.4 Å². The topological polar surface area (TPSA) is 12.9 Å². The highest BCUT2D eigenvalue weighted by Crippen LogP contribution is 2.02. The highest BCUT2D eigenvalue weighted by atomic mass is 35.5. The third kappa shape index (κ3) is 1.25. The highest BCUT2D eigenvalue weighted by molar-refractivity contribution is 6.29. The molecule has 0 N–H and O–H groups in total. The van der Waals surface area contributed by atoms with E-state index in [0.717, 1.165) is 18.2 Å². The van der Waals surface area contributed by atoms with Gasteiger partial charge in [0, 0.05) is 0 Å². The summed E-state index contributed by atoms with van der Waals surface area (Å²) >= 11 is 5.84. The molecule has 0 aromatic carbocycles. The monoisotopic (exact) mass is 179 g/mol. The lowest BCUT2D eigenvalue weighted by atomic mass is 10.1. The van der Waals surface area contributed by atoms with Gasteiger partial charge < -0.3 is 0 Å². The molecule has 0 radical (unpaired) electrons. The van der Waals surface area contributed by atoms with Crippen molar-refractivity contribution in [3.8, 4) is 0 Å². The molecule has 0 saturated carbocycles. The largest absolute Gasteiger partial charge is 0.236 e. The Balaban J connectivity index is 2.87. The van der Waals surface area contributed by atoms with Gasteiger partial charge >= 0.3 is 0 Å². The molecule has 0 saturated heterocycles. The predicted octanol–water partition coefficient (Wildman–Crippen LogP) is 1.40. The number of aromatic nitrogens is 1. The first-order valence-electron chi connectivity index (χ1n) is 4.11. The molecule has 0 unspecified atom stereocenters. The first-order chi connectivity index (χ1) is 5.77. The minimum Gasteiger partial charge on any atom is -0.236 e. The minimum atomic E-state index is 0.595. The summed E-state index contributed by atoms with van der Waals surface area (Å²) in [6, 6.07) is 1.91. The number of pyridine rings is 1. The van der Waals surface area contributed by atoms with Gasteiger partial charge in [0.25, 0.3) is 0 Å². The quantitative estimate of drug-likeness (QED) is 0.549. The Morgan fingerprint density at radius 3 is 2.92 bits per heavy atom. The highest BCUT2D eigenvalue weighted by Gasteiger charge is 1.99. The fourth-order valence-electron chi connectivity index (χ4n) is 1.53. The van der Waals surface area contributed by atoms with E-state index in [4.69, 9.17) is 11.6 Å². The molecule has 1 heterocycles. The van der Waals surface area contributed by atoms with E-state index < -0.39 is 0 Å². The van der Waals surface area contributed by atoms with E-state index in [-0.39, 0.29) is 0 Å². The zero-order valence-electron chi connectivity index (χ0n) is 6.97. The van der Waals surface area contributed by atoms with Crippen LogP contribution < -0.4 is 10.6 Å². The lowest BCUT2D eigenvalue weighted by Gasteiger charge is -2.02. The van der Waals surface area contributed by atoms with Gasteiger partial charge in [0.1, 0.15) is 5.15 Å². The van der Waals surface area contributed by atoms with Crippen LogP contribution >= 0.6 is 11.6 Å². The summed E-state index contributed by atoms with van der Waals surface area (Å²) in [5.41, 5.74) is 1.22. The van der Waals surface area contributed by atoms with Gasteiger partial charge in [-0.1, -0.05) is 23.8 Å². The molecule has 0 atom stereocenters. The molecule has 1 aromatic heterocycles. The van der Waals surface area contributed by atoms with Crippen molar-refractivity contribution in [2.75, 3.05) is 0 Å². The molecule has 0 bridgehead atoms. The van der Waals surface area contributed by atoms with Gasteiger partial charge in [-0.05, 0) is 36.6 Å². The maximum Gasteiger partial charge on any atom is 0.130 e. The fraction of sp³-hybridized carbons (Fsp3) is 0.300. The summed E-state index contributed by atoms with van der Waals surface area (Å²) in [6.45, 7) is 2.07. The van der Waals surface area contributed by atoms with E-state index in [9.17, 15) is 0 Å². The normalized spacial score (nSPS) is 14.5. The average Bonchev–Trinajstić information content (AvgIpc) is 2.04. The summed E-state index contributed by atoms with van der Waals surface area (Å²) < 4.78 is 0. The molecule has 1 aliphatic carbocycles. The van der Waals surface area contributed by atoms with Crippen LogP contribution in [0.25, 0.3) is 12.2 Å². The summed E-state index contributed by atoms with van der Waals surface area (Å²) in [5.74, 6) is 0. The molecule has 2 rings (SSSR count). The fourth-order valence-corrected chi connectivity index (χ4v) is 1.79. The van der Waals surface area contributed by atoms with Crippen molar-refractivity contribution in [1.82, 2.24) is 4.98 Å². The second-order valence-electron chi connectivity index (χ2n) is 3.05. The van der Waals surface area contributed by atoms with E-state index in [2.05, 4.69) is 24.1 Å². The van der Waals surface area contributed by atoms with Crippen LogP contribution in [0, 0.1) is 6.92 Å². The van der Waals surface area contributed by atoms with Gasteiger partial charge in [-0.15, -0.1) is 0 Å². The molecule has 62 valence electrons. The first-order valence-corrected chi connectivity index (χ1v) is 4.49. The van der Waals surface area contributed by atoms with Crippen molar-refractivity contribution in [1.29, 1.82) is 0 Å². The lowest BCUT2D eigenvalue weighted by molar-refractivity contribution is 1.06. The number of nitrogens with zero attached hydrogens (tertiary/aromatic N) is 1. The second kappa shape index (κ2) is 2.91. The standard InChI is InChI=1S/C10H10ClN/c1-7-6-10(11)12-9-5-3-2-4-8(7)9/h4-6H,2-3H2,1H3. The zero-order chi connectivity index (χ0) is 8.55. The summed E-state index contributed by atoms with van der Waals surface area (Å²) in [7, 11) is 0. The van der Waals surface area contributed by atoms with E-state index in [1.165, 1.54) is 10.8 Å². The van der Waals surface area contributed by atoms with E-state index >= 15 is 0 Å². The van der Waals surface area contributed by atoms with Gasteiger partial charge in [0.15, 0.2) is 0 Å². The first kappa shape index (κ1) is 7.81. The minimum absolute atomic E-state index is 0.595. The number of rotatable bonds is 0. The van der Waals surface area contributed by atoms with Gasteiger partial charge in [-0.25, -0.2) is 4.98 Å². The SMILES string of the molecule is Cc1cc(Cl)nc2c1=CCCC=2. The van der Waals surface area contributed by atoms with Crippen molar-refractivity contribution in [3.63, 3.8) is 0 Å². The Kier molecular flexibility index (Phi) is 1.89. The van der Waals surface area contributed by atoms with Crippen LogP contribution in [0.5, 0.6) is 0 Å². The van der Waals surface area contributed by atoms with Crippen LogP contribution in [0.1, 0.15) is 18.4 Å². The van der Waals surface area contributed by atoms with Crippen molar-refractivity contribution in [2.45, 2.75) is 19.8 Å². The van der Waals surface area contributed by atoms with Crippen molar-refractivity contribution in [2.24, 2.45) is 0 Å². The molecular weight excluding hydrogens is 170 g/mol. The van der Waals surface area contributed by atoms with Crippen LogP contribution in [0.2, 0.25) is 5.15 Å². The second-order valence-corrected chi connectivity index (χ2v) is 3.43. The third-order valence-corrected chi connectivity index (χ3v) is 2.31. The molecule has 12 heavy (non-hydrogen) atoms. The van der Waals surface area contributed by atoms with Crippen LogP contribution in [-0.2, 0) is 0 Å². The van der Waals surface area contributed by atoms with Crippen molar-refractivity contribution >= 4 is 23.8 Å². The molecule has 0 spiro atoms. The zero-order valence-corrected chi connectivity index (χ0v) is 7.73. The van der Waals surface area contributed by atoms with Crippen LogP contribution in [-0.4, -0.2) is 4.98 Å². The molecule has 1 aromatic rings. The van der Waals surface area contributed by atoms with Gasteiger partial charge in [0.2, 0.25) is 0 Å². The van der Waals surface area contributed by atoms with Crippen LogP contribution in [0.4, 0.5) is 0 Å². The number of halogens is 1. The Bertz CT molecular complexity index is 420. The number of hydrogen-bond donors (Lipinski definition) is 0. The van der Waals surface area contributed by atoms with Gasteiger partial charge in [-0.2, -0.15) is 0 Å². The maximum absolute atomic E-state index is 5.84. The number of aryl methyl sites for hydroxylation is 1. The number of fused-ring (bicyclic) bond motifs is 1. The molecular formula is C10H10ClN. The molecule has 2 heteroatoms. The van der Waals surface area contributed by atoms with Gasteiger partial charge in [0.05, 0.1) is 5.35 Å². The van der Waals surface area contributed by atoms with Gasteiger partial charge in [-0.3, -0.25) is 0 Å². The van der Waals surface area contributed by atoms with Crippen LogP contribution in [0.15, 0.2) is 6.07 Å². The Hall–Kier alpha value is -0.820. The van der Waals surface area contributed by atoms with Crippen molar-refractivity contribution < 1.29 is 0 Å². The smallest absolute Gasteiger partial charge is 0.130 e. The maximum atomic E-state index is 5.84.